The minimum Gasteiger partial charge on any atom is -0.459 e. The monoisotopic (exact) mass is 386 g/mol. The molecule has 1 aromatic carbocycles. The summed E-state index contributed by atoms with van der Waals surface area (Å²) in [6.45, 7) is 8.24. The number of esters is 2. The van der Waals surface area contributed by atoms with Crippen molar-refractivity contribution in [2.45, 2.75) is 46.8 Å². The molecule has 0 aliphatic carbocycles. The number of nitrogens with one attached hydrogen (secondary N) is 2. The zero-order chi connectivity index (χ0) is 20.8. The van der Waals surface area contributed by atoms with Gasteiger partial charge in [0.05, 0.1) is 17.7 Å². The number of carbonyl (C=O) groups is 3. The smallest absolute Gasteiger partial charge is 0.355 e. The fourth-order valence-corrected chi connectivity index (χ4v) is 2.84. The van der Waals surface area contributed by atoms with Crippen LogP contribution in [0.4, 0.5) is 0 Å². The molecule has 0 unspecified atom stereocenters. The molecule has 150 valence electrons. The van der Waals surface area contributed by atoms with E-state index in [-0.39, 0.29) is 17.8 Å². The number of ether oxygens (including phenoxy) is 2. The van der Waals surface area contributed by atoms with Crippen molar-refractivity contribution in [2.75, 3.05) is 6.61 Å². The maximum atomic E-state index is 12.4. The molecule has 1 atom stereocenters. The molecule has 1 amide bonds. The zero-order valence-electron chi connectivity index (χ0n) is 16.8. The zero-order valence-corrected chi connectivity index (χ0v) is 16.8. The largest absolute Gasteiger partial charge is 0.459 e. The molecule has 2 N–H and O–H groups in total. The van der Waals surface area contributed by atoms with E-state index in [0.717, 1.165) is 5.56 Å². The molecule has 0 fully saturated rings. The lowest BCUT2D eigenvalue weighted by atomic mass is 10.1. The van der Waals surface area contributed by atoms with Crippen molar-refractivity contribution in [3.8, 4) is 0 Å². The molecule has 2 rings (SSSR count). The second kappa shape index (κ2) is 9.21. The Bertz CT molecular complexity index is 855. The van der Waals surface area contributed by atoms with Crippen LogP contribution < -0.4 is 5.32 Å². The van der Waals surface area contributed by atoms with E-state index in [9.17, 15) is 14.4 Å². The third kappa shape index (κ3) is 5.22. The number of aryl methyl sites for hydroxylation is 1. The predicted octanol–water partition coefficient (Wildman–Crippen LogP) is 3.23. The lowest BCUT2D eigenvalue weighted by Gasteiger charge is -2.14. The summed E-state index contributed by atoms with van der Waals surface area (Å²) in [7, 11) is 0. The van der Waals surface area contributed by atoms with E-state index in [1.807, 2.05) is 37.3 Å². The minimum atomic E-state index is -0.702. The molecule has 28 heavy (non-hydrogen) atoms. The van der Waals surface area contributed by atoms with Crippen molar-refractivity contribution in [1.29, 1.82) is 0 Å². The first-order chi connectivity index (χ1) is 13.2. The summed E-state index contributed by atoms with van der Waals surface area (Å²) < 4.78 is 10.3. The highest BCUT2D eigenvalue weighted by atomic mass is 16.5. The van der Waals surface area contributed by atoms with E-state index in [1.54, 1.807) is 27.7 Å². The van der Waals surface area contributed by atoms with Gasteiger partial charge >= 0.3 is 11.9 Å². The molecule has 1 aromatic heterocycles. The van der Waals surface area contributed by atoms with Crippen LogP contribution in [0.3, 0.4) is 0 Å². The lowest BCUT2D eigenvalue weighted by molar-refractivity contribution is -0.124. The number of hydrogen-bond donors (Lipinski definition) is 2. The van der Waals surface area contributed by atoms with Crippen LogP contribution >= 0.6 is 0 Å². The van der Waals surface area contributed by atoms with Crippen molar-refractivity contribution in [2.24, 2.45) is 0 Å². The van der Waals surface area contributed by atoms with Crippen molar-refractivity contribution in [3.63, 3.8) is 0 Å². The molecule has 0 spiro atoms. The summed E-state index contributed by atoms with van der Waals surface area (Å²) in [6, 6.07) is 9.26. The molecular weight excluding hydrogens is 360 g/mol. The first-order valence-electron chi connectivity index (χ1n) is 9.12. The van der Waals surface area contributed by atoms with Gasteiger partial charge in [-0.05, 0) is 45.7 Å². The van der Waals surface area contributed by atoms with Crippen LogP contribution in [0.25, 0.3) is 0 Å². The third-order valence-electron chi connectivity index (χ3n) is 4.20. The van der Waals surface area contributed by atoms with Crippen LogP contribution in [0.2, 0.25) is 0 Å². The van der Waals surface area contributed by atoms with Crippen LogP contribution in [0.5, 0.6) is 0 Å². The van der Waals surface area contributed by atoms with Crippen LogP contribution in [0, 0.1) is 13.8 Å². The molecule has 0 bridgehead atoms. The molecule has 0 saturated heterocycles. The van der Waals surface area contributed by atoms with Gasteiger partial charge in [0.15, 0.2) is 6.61 Å². The van der Waals surface area contributed by atoms with E-state index < -0.39 is 24.5 Å². The van der Waals surface area contributed by atoms with Gasteiger partial charge in [-0.2, -0.15) is 0 Å². The Balaban J connectivity index is 1.98. The van der Waals surface area contributed by atoms with Gasteiger partial charge < -0.3 is 19.8 Å². The maximum Gasteiger partial charge on any atom is 0.355 e. The first-order valence-corrected chi connectivity index (χ1v) is 9.12. The molecule has 2 aromatic rings. The number of carbonyl (C=O) groups excluding carboxylic acids is 3. The van der Waals surface area contributed by atoms with Gasteiger partial charge in [-0.1, -0.05) is 30.3 Å². The van der Waals surface area contributed by atoms with Crippen LogP contribution in [0.1, 0.15) is 64.5 Å². The van der Waals surface area contributed by atoms with E-state index in [1.165, 1.54) is 0 Å². The minimum absolute atomic E-state index is 0.136. The SMILES string of the molecule is Cc1[nH]c(C(=O)OCC(=O)N[C@@H](C)c2ccccc2)c(C)c1C(=O)OC(C)C. The van der Waals surface area contributed by atoms with E-state index >= 15 is 0 Å². The molecule has 0 aliphatic rings. The summed E-state index contributed by atoms with van der Waals surface area (Å²) in [6.07, 6.45) is -0.271. The summed E-state index contributed by atoms with van der Waals surface area (Å²) in [5.74, 6) is -1.62. The second-order valence-corrected chi connectivity index (χ2v) is 6.86. The van der Waals surface area contributed by atoms with Gasteiger partial charge in [-0.15, -0.1) is 0 Å². The standard InChI is InChI=1S/C21H26N2O5/c1-12(2)28-20(25)18-13(3)19(23-15(18)5)21(26)27-11-17(24)22-14(4)16-9-7-6-8-10-16/h6-10,12,14,23H,11H2,1-5H3,(H,22,24)/t14-/m0/s1. The lowest BCUT2D eigenvalue weighted by Crippen LogP contribution is -2.31. The Morgan fingerprint density at radius 1 is 1.04 bits per heavy atom. The average Bonchev–Trinajstić information content (AvgIpc) is 2.94. The number of aromatic amines is 1. The topological polar surface area (TPSA) is 97.5 Å². The maximum absolute atomic E-state index is 12.4. The summed E-state index contributed by atoms with van der Waals surface area (Å²) in [4.78, 5) is 39.5. The third-order valence-corrected chi connectivity index (χ3v) is 4.20. The quantitative estimate of drug-likeness (QED) is 0.712. The van der Waals surface area contributed by atoms with Gasteiger partial charge in [0.25, 0.3) is 5.91 Å². The predicted molar refractivity (Wildman–Crippen MR) is 104 cm³/mol. The number of H-pyrrole nitrogens is 1. The van der Waals surface area contributed by atoms with Crippen molar-refractivity contribution < 1.29 is 23.9 Å². The van der Waals surface area contributed by atoms with Crippen molar-refractivity contribution in [1.82, 2.24) is 10.3 Å². The number of rotatable bonds is 7. The normalized spacial score (nSPS) is 11.8. The Morgan fingerprint density at radius 2 is 1.68 bits per heavy atom. The van der Waals surface area contributed by atoms with Gasteiger partial charge in [0, 0.05) is 5.69 Å². The fraction of sp³-hybridized carbons (Fsp3) is 0.381. The van der Waals surface area contributed by atoms with E-state index in [4.69, 9.17) is 9.47 Å². The Kier molecular flexibility index (Phi) is 6.98. The molecule has 7 heteroatoms. The Hall–Kier alpha value is -3.09. The second-order valence-electron chi connectivity index (χ2n) is 6.86. The molecule has 0 saturated carbocycles. The van der Waals surface area contributed by atoms with Crippen molar-refractivity contribution in [3.05, 3.63) is 58.4 Å². The summed E-state index contributed by atoms with van der Waals surface area (Å²) >= 11 is 0. The molecule has 0 aliphatic heterocycles. The molecule has 1 heterocycles. The van der Waals surface area contributed by atoms with Gasteiger partial charge in [0.2, 0.25) is 0 Å². The molecule has 7 nitrogen and oxygen atoms in total. The number of hydrogen-bond acceptors (Lipinski definition) is 5. The van der Waals surface area contributed by atoms with Gasteiger partial charge in [-0.25, -0.2) is 9.59 Å². The average molecular weight is 386 g/mol. The molecule has 0 radical (unpaired) electrons. The fourth-order valence-electron chi connectivity index (χ4n) is 2.84. The van der Waals surface area contributed by atoms with Crippen LogP contribution in [0.15, 0.2) is 30.3 Å². The van der Waals surface area contributed by atoms with Gasteiger partial charge in [-0.3, -0.25) is 4.79 Å². The highest BCUT2D eigenvalue weighted by molar-refractivity contribution is 5.99. The highest BCUT2D eigenvalue weighted by Gasteiger charge is 2.25. The van der Waals surface area contributed by atoms with Crippen LogP contribution in [-0.2, 0) is 14.3 Å². The van der Waals surface area contributed by atoms with E-state index in [0.29, 0.717) is 16.8 Å². The van der Waals surface area contributed by atoms with Gasteiger partial charge in [0.1, 0.15) is 5.69 Å². The first kappa shape index (κ1) is 21.2. The number of aromatic nitrogens is 1. The Morgan fingerprint density at radius 3 is 2.29 bits per heavy atom. The number of benzene rings is 1. The summed E-state index contributed by atoms with van der Waals surface area (Å²) in [5, 5.41) is 2.77. The highest BCUT2D eigenvalue weighted by Crippen LogP contribution is 2.20. The summed E-state index contributed by atoms with van der Waals surface area (Å²) in [5.41, 5.74) is 2.34. The Labute approximate surface area is 164 Å². The number of amides is 1. The van der Waals surface area contributed by atoms with E-state index in [2.05, 4.69) is 10.3 Å². The molecular formula is C21H26N2O5. The van der Waals surface area contributed by atoms with Crippen LogP contribution in [-0.4, -0.2) is 35.5 Å². The van der Waals surface area contributed by atoms with Crippen molar-refractivity contribution >= 4 is 17.8 Å².